The van der Waals surface area contributed by atoms with Gasteiger partial charge in [-0.2, -0.15) is 10.5 Å². The zero-order valence-corrected chi connectivity index (χ0v) is 15.2. The van der Waals surface area contributed by atoms with Gasteiger partial charge in [0.05, 0.1) is 18.1 Å². The smallest absolute Gasteiger partial charge is 0.161 e. The lowest BCUT2D eigenvalue weighted by atomic mass is 9.48. The van der Waals surface area contributed by atoms with Crippen LogP contribution in [0.15, 0.2) is 24.3 Å². The Kier molecular flexibility index (Phi) is 3.21. The number of rotatable bonds is 3. The van der Waals surface area contributed by atoms with Gasteiger partial charge in [-0.05, 0) is 74.3 Å². The lowest BCUT2D eigenvalue weighted by molar-refractivity contribution is -0.145. The van der Waals surface area contributed by atoms with Gasteiger partial charge in [0.25, 0.3) is 0 Å². The van der Waals surface area contributed by atoms with Crippen molar-refractivity contribution in [1.29, 1.82) is 10.5 Å². The molecule has 1 aromatic rings. The van der Waals surface area contributed by atoms with Gasteiger partial charge in [-0.15, -0.1) is 0 Å². The molecule has 4 bridgehead atoms. The topological polar surface area (TPSA) is 64.7 Å². The summed E-state index contributed by atoms with van der Waals surface area (Å²) in [6, 6.07) is 12.4. The monoisotopic (exact) mass is 344 g/mol. The molecule has 5 saturated carbocycles. The maximum atomic E-state index is 13.8. The molecule has 3 heteroatoms. The molecular weight excluding hydrogens is 320 g/mol. The largest absolute Gasteiger partial charge is 0.299 e. The lowest BCUT2D eigenvalue weighted by Gasteiger charge is -2.56. The Morgan fingerprint density at radius 2 is 1.54 bits per heavy atom. The first-order valence-corrected chi connectivity index (χ1v) is 9.95. The van der Waals surface area contributed by atoms with Crippen LogP contribution in [-0.4, -0.2) is 5.78 Å². The Morgan fingerprint density at radius 3 is 2.04 bits per heavy atom. The van der Waals surface area contributed by atoms with Crippen molar-refractivity contribution >= 4 is 5.78 Å². The first-order valence-electron chi connectivity index (χ1n) is 9.95. The molecule has 0 N–H and O–H groups in total. The van der Waals surface area contributed by atoms with Crippen molar-refractivity contribution in [3.63, 3.8) is 0 Å². The highest BCUT2D eigenvalue weighted by Gasteiger charge is 2.73. The van der Waals surface area contributed by atoms with E-state index in [1.54, 1.807) is 0 Å². The SMILES string of the molecule is Cc1ccccc1[C@@H]1[C@H](C(=O)C23CC4CC(CC(C4)C2)C3)C1(C#N)C#N. The van der Waals surface area contributed by atoms with Crippen molar-refractivity contribution in [2.75, 3.05) is 0 Å². The Balaban J connectivity index is 1.53. The zero-order valence-electron chi connectivity index (χ0n) is 15.2. The number of hydrogen-bond acceptors (Lipinski definition) is 3. The molecule has 5 aliphatic rings. The quantitative estimate of drug-likeness (QED) is 0.809. The second kappa shape index (κ2) is 5.20. The molecule has 3 nitrogen and oxygen atoms in total. The van der Waals surface area contributed by atoms with Gasteiger partial charge in [0, 0.05) is 11.3 Å². The van der Waals surface area contributed by atoms with Crippen LogP contribution in [0, 0.1) is 64.1 Å². The summed E-state index contributed by atoms with van der Waals surface area (Å²) in [5.41, 5.74) is 0.689. The average molecular weight is 344 g/mol. The number of carbonyl (C=O) groups is 1. The Hall–Kier alpha value is -2.13. The van der Waals surface area contributed by atoms with E-state index in [1.807, 2.05) is 31.2 Å². The molecule has 5 aliphatic carbocycles. The van der Waals surface area contributed by atoms with E-state index in [-0.39, 0.29) is 17.1 Å². The number of nitrogens with zero attached hydrogens (tertiary/aromatic N) is 2. The third-order valence-electron chi connectivity index (χ3n) is 7.94. The van der Waals surface area contributed by atoms with Gasteiger partial charge in [0.15, 0.2) is 5.41 Å². The van der Waals surface area contributed by atoms with Crippen LogP contribution >= 0.6 is 0 Å². The third kappa shape index (κ3) is 1.95. The van der Waals surface area contributed by atoms with Gasteiger partial charge in [-0.3, -0.25) is 4.79 Å². The number of ketones is 1. The van der Waals surface area contributed by atoms with Crippen LogP contribution < -0.4 is 0 Å². The molecule has 0 aromatic heterocycles. The minimum Gasteiger partial charge on any atom is -0.299 e. The molecule has 6 rings (SSSR count). The van der Waals surface area contributed by atoms with Crippen molar-refractivity contribution in [1.82, 2.24) is 0 Å². The summed E-state index contributed by atoms with van der Waals surface area (Å²) < 4.78 is 0. The summed E-state index contributed by atoms with van der Waals surface area (Å²) in [4.78, 5) is 13.8. The van der Waals surface area contributed by atoms with E-state index in [1.165, 1.54) is 19.3 Å². The van der Waals surface area contributed by atoms with E-state index in [2.05, 4.69) is 12.1 Å². The lowest BCUT2D eigenvalue weighted by Crippen LogP contribution is -2.50. The van der Waals surface area contributed by atoms with Crippen molar-refractivity contribution in [2.45, 2.75) is 51.4 Å². The third-order valence-corrected chi connectivity index (χ3v) is 7.94. The second-order valence-electron chi connectivity index (χ2n) is 9.47. The summed E-state index contributed by atoms with van der Waals surface area (Å²) in [6.07, 6.45) is 6.88. The minimum atomic E-state index is -1.16. The van der Waals surface area contributed by atoms with Gasteiger partial charge in [-0.25, -0.2) is 0 Å². The molecule has 0 spiro atoms. The van der Waals surface area contributed by atoms with E-state index in [0.717, 1.165) is 30.4 Å². The fourth-order valence-corrected chi connectivity index (χ4v) is 7.15. The van der Waals surface area contributed by atoms with Gasteiger partial charge in [0.1, 0.15) is 5.78 Å². The molecule has 132 valence electrons. The number of carbonyl (C=O) groups excluding carboxylic acids is 1. The minimum absolute atomic E-state index is 0.240. The molecule has 0 amide bonds. The highest BCUT2D eigenvalue weighted by atomic mass is 16.1. The van der Waals surface area contributed by atoms with Crippen molar-refractivity contribution in [3.05, 3.63) is 35.4 Å². The van der Waals surface area contributed by atoms with Gasteiger partial charge in [0.2, 0.25) is 0 Å². The fraction of sp³-hybridized carbons (Fsp3) is 0.609. The molecule has 0 aliphatic heterocycles. The first kappa shape index (κ1) is 16.1. The molecule has 0 heterocycles. The zero-order chi connectivity index (χ0) is 18.1. The Bertz CT molecular complexity index is 822. The summed E-state index contributed by atoms with van der Waals surface area (Å²) >= 11 is 0. The summed E-state index contributed by atoms with van der Waals surface area (Å²) in [7, 11) is 0. The Morgan fingerprint density at radius 1 is 1.00 bits per heavy atom. The Labute approximate surface area is 155 Å². The molecule has 1 aromatic carbocycles. The maximum Gasteiger partial charge on any atom is 0.161 e. The van der Waals surface area contributed by atoms with Crippen LogP contribution in [0.1, 0.15) is 55.6 Å². The summed E-state index contributed by atoms with van der Waals surface area (Å²) in [6.45, 7) is 2.01. The predicted octanol–water partition coefficient (Wildman–Crippen LogP) is 4.53. The molecular formula is C23H24N2O. The van der Waals surface area contributed by atoms with E-state index >= 15 is 0 Å². The van der Waals surface area contributed by atoms with Crippen LogP contribution in [0.25, 0.3) is 0 Å². The second-order valence-corrected chi connectivity index (χ2v) is 9.47. The maximum absolute atomic E-state index is 13.8. The van der Waals surface area contributed by atoms with E-state index in [9.17, 15) is 15.3 Å². The highest BCUT2D eigenvalue weighted by Crippen LogP contribution is 2.70. The van der Waals surface area contributed by atoms with Gasteiger partial charge in [-0.1, -0.05) is 24.3 Å². The summed E-state index contributed by atoms with van der Waals surface area (Å²) in [5, 5.41) is 19.7. The van der Waals surface area contributed by atoms with Crippen molar-refractivity contribution in [3.8, 4) is 12.1 Å². The molecule has 5 fully saturated rings. The first-order chi connectivity index (χ1) is 12.5. The van der Waals surface area contributed by atoms with Crippen LogP contribution in [0.3, 0.4) is 0 Å². The van der Waals surface area contributed by atoms with Crippen LogP contribution in [0.2, 0.25) is 0 Å². The molecule has 26 heavy (non-hydrogen) atoms. The van der Waals surface area contributed by atoms with E-state index in [0.29, 0.717) is 17.8 Å². The number of nitriles is 2. The predicted molar refractivity (Wildman–Crippen MR) is 96.7 cm³/mol. The molecule has 0 unspecified atom stereocenters. The van der Waals surface area contributed by atoms with Gasteiger partial charge >= 0.3 is 0 Å². The van der Waals surface area contributed by atoms with Crippen molar-refractivity contribution < 1.29 is 4.79 Å². The number of Topliss-reactive ketones (excluding diaryl/α,β-unsaturated/α-hetero) is 1. The number of benzene rings is 1. The molecule has 2 atom stereocenters. The van der Waals surface area contributed by atoms with E-state index in [4.69, 9.17) is 0 Å². The summed E-state index contributed by atoms with van der Waals surface area (Å²) in [5.74, 6) is 1.64. The number of hydrogen-bond donors (Lipinski definition) is 0. The van der Waals surface area contributed by atoms with E-state index < -0.39 is 11.3 Å². The van der Waals surface area contributed by atoms with Crippen LogP contribution in [0.4, 0.5) is 0 Å². The fourth-order valence-electron chi connectivity index (χ4n) is 7.15. The van der Waals surface area contributed by atoms with Crippen molar-refractivity contribution in [2.24, 2.45) is 34.5 Å². The highest BCUT2D eigenvalue weighted by molar-refractivity contribution is 5.94. The normalized spacial score (nSPS) is 41.3. The van der Waals surface area contributed by atoms with Crippen LogP contribution in [0.5, 0.6) is 0 Å². The standard InChI is InChI=1S/C23H24N2O/c1-14-4-2-3-5-18(14)19-20(23(19,12-24)13-25)21(26)22-9-15-6-16(10-22)8-17(7-15)11-22/h2-5,15-17,19-20H,6-11H2,1H3/t15?,16?,17?,19-,20-,22?/m1/s1. The van der Waals surface area contributed by atoms with Gasteiger partial charge < -0.3 is 0 Å². The molecule has 0 radical (unpaired) electrons. The molecule has 0 saturated heterocycles. The number of aryl methyl sites for hydroxylation is 1. The average Bonchev–Trinajstić information content (AvgIpc) is 3.29. The van der Waals surface area contributed by atoms with Crippen LogP contribution in [-0.2, 0) is 4.79 Å².